The molecule has 0 nitrogen and oxygen atoms in total. The first-order valence-corrected chi connectivity index (χ1v) is 1.65. The Morgan fingerprint density at radius 1 is 1.29 bits per heavy atom. The summed E-state index contributed by atoms with van der Waals surface area (Å²) in [6, 6.07) is 0. The predicted octanol–water partition coefficient (Wildman–Crippen LogP) is 1.91. The zero-order valence-electron chi connectivity index (χ0n) is 3.59. The molecule has 1 atom stereocenters. The van der Waals surface area contributed by atoms with Gasteiger partial charge < -0.3 is 0 Å². The lowest BCUT2D eigenvalue weighted by molar-refractivity contribution is -0.174. The van der Waals surface area contributed by atoms with Crippen LogP contribution in [0.2, 0.25) is 0 Å². The fourth-order valence-corrected chi connectivity index (χ4v) is 0. The molecule has 0 saturated heterocycles. The Bertz CT molecular complexity index is 52.4. The number of hydrogen-bond acceptors (Lipinski definition) is 0. The van der Waals surface area contributed by atoms with Crippen LogP contribution >= 0.6 is 0 Å². The number of halogens is 4. The highest BCUT2D eigenvalue weighted by Gasteiger charge is 2.35. The molecule has 0 N–H and O–H groups in total. The van der Waals surface area contributed by atoms with Crippen molar-refractivity contribution in [2.24, 2.45) is 0 Å². The largest absolute Gasteiger partial charge is 0.419 e. The van der Waals surface area contributed by atoms with Gasteiger partial charge in [-0.25, -0.2) is 4.39 Å². The Kier molecular flexibility index (Phi) is 1.61. The van der Waals surface area contributed by atoms with Gasteiger partial charge in [0.15, 0.2) is 6.17 Å². The van der Waals surface area contributed by atoms with Crippen molar-refractivity contribution in [3.63, 3.8) is 0 Å². The molecule has 0 saturated carbocycles. The lowest BCUT2D eigenvalue weighted by Gasteiger charge is -2.04. The highest BCUT2D eigenvalue weighted by atomic mass is 19.4. The van der Waals surface area contributed by atoms with E-state index in [9.17, 15) is 17.6 Å². The maximum Gasteiger partial charge on any atom is 0.419 e. The van der Waals surface area contributed by atoms with E-state index in [1.54, 1.807) is 0 Å². The third kappa shape index (κ3) is 2.42. The van der Waals surface area contributed by atoms with E-state index in [-0.39, 0.29) is 0 Å². The van der Waals surface area contributed by atoms with Crippen LogP contribution in [0.1, 0.15) is 6.92 Å². The van der Waals surface area contributed by atoms with Crippen molar-refractivity contribution in [2.45, 2.75) is 19.3 Å². The minimum absolute atomic E-state index is 0.458. The van der Waals surface area contributed by atoms with Crippen LogP contribution < -0.4 is 0 Å². The Balaban J connectivity index is 3.54. The van der Waals surface area contributed by atoms with Gasteiger partial charge in [0.2, 0.25) is 0 Å². The van der Waals surface area contributed by atoms with Crippen molar-refractivity contribution in [3.8, 4) is 0 Å². The molecule has 0 aliphatic rings. The minimum Gasteiger partial charge on any atom is -0.238 e. The Labute approximate surface area is 38.1 Å². The predicted molar refractivity (Wildman–Crippen MR) is 16.6 cm³/mol. The van der Waals surface area contributed by atoms with Gasteiger partial charge in [-0.2, -0.15) is 13.2 Å². The molecule has 4 heteroatoms. The second-order valence-corrected chi connectivity index (χ2v) is 1.16. The molecule has 0 fully saturated rings. The van der Waals surface area contributed by atoms with Crippen molar-refractivity contribution in [3.05, 3.63) is 0 Å². The fourth-order valence-electron chi connectivity index (χ4n) is 0. The molecule has 0 heterocycles. The van der Waals surface area contributed by atoms with Crippen molar-refractivity contribution < 1.29 is 17.6 Å². The first kappa shape index (κ1) is 6.72. The van der Waals surface area contributed by atoms with Crippen LogP contribution in [0.5, 0.6) is 0 Å². The molecule has 44 valence electrons. The van der Waals surface area contributed by atoms with E-state index in [1.807, 2.05) is 0 Å². The van der Waals surface area contributed by atoms with Crippen molar-refractivity contribution >= 4 is 0 Å². The number of alkyl halides is 4. The van der Waals surface area contributed by atoms with E-state index in [4.69, 9.17) is 0 Å². The van der Waals surface area contributed by atoms with E-state index < -0.39 is 12.3 Å². The zero-order valence-corrected chi connectivity index (χ0v) is 3.59. The maximum atomic E-state index is 11.1. The monoisotopic (exact) mass is 116 g/mol. The van der Waals surface area contributed by atoms with Gasteiger partial charge in [0.1, 0.15) is 0 Å². The van der Waals surface area contributed by atoms with Crippen molar-refractivity contribution in [2.75, 3.05) is 0 Å². The smallest absolute Gasteiger partial charge is 0.238 e. The van der Waals surface area contributed by atoms with E-state index >= 15 is 0 Å². The van der Waals surface area contributed by atoms with Crippen LogP contribution in [0.15, 0.2) is 0 Å². The Morgan fingerprint density at radius 3 is 1.43 bits per heavy atom. The van der Waals surface area contributed by atoms with Gasteiger partial charge in [0, 0.05) is 0 Å². The molecule has 0 aromatic heterocycles. The molecule has 0 aliphatic heterocycles. The summed E-state index contributed by atoms with van der Waals surface area (Å²) < 4.78 is 43.5. The summed E-state index contributed by atoms with van der Waals surface area (Å²) in [6.45, 7) is 0.458. The summed E-state index contributed by atoms with van der Waals surface area (Å²) in [5.74, 6) is 0. The Hall–Kier alpha value is -0.280. The molecule has 0 radical (unpaired) electrons. The van der Waals surface area contributed by atoms with Gasteiger partial charge in [-0.3, -0.25) is 0 Å². The van der Waals surface area contributed by atoms with Crippen LogP contribution in [-0.4, -0.2) is 12.3 Å². The summed E-state index contributed by atoms with van der Waals surface area (Å²) >= 11 is 0. The van der Waals surface area contributed by atoms with Crippen LogP contribution in [-0.2, 0) is 0 Å². The molecule has 0 aromatic rings. The second-order valence-electron chi connectivity index (χ2n) is 1.16. The molecular weight excluding hydrogens is 112 g/mol. The molecule has 0 rings (SSSR count). The van der Waals surface area contributed by atoms with Gasteiger partial charge in [-0.05, 0) is 6.92 Å². The molecule has 0 aliphatic carbocycles. The lowest BCUT2D eigenvalue weighted by Crippen LogP contribution is -2.20. The van der Waals surface area contributed by atoms with Crippen LogP contribution in [0.3, 0.4) is 0 Å². The second kappa shape index (κ2) is 1.68. The van der Waals surface area contributed by atoms with Crippen molar-refractivity contribution in [1.82, 2.24) is 0 Å². The molecule has 7 heavy (non-hydrogen) atoms. The van der Waals surface area contributed by atoms with Gasteiger partial charge in [-0.1, -0.05) is 0 Å². The van der Waals surface area contributed by atoms with Crippen molar-refractivity contribution in [1.29, 1.82) is 0 Å². The van der Waals surface area contributed by atoms with Crippen LogP contribution in [0, 0.1) is 0 Å². The summed E-state index contributed by atoms with van der Waals surface area (Å²) in [5.41, 5.74) is 0. The van der Waals surface area contributed by atoms with Gasteiger partial charge in [0.25, 0.3) is 0 Å². The minimum atomic E-state index is -4.67. The summed E-state index contributed by atoms with van der Waals surface area (Å²) in [6.07, 6.45) is -7.37. The van der Waals surface area contributed by atoms with Gasteiger partial charge in [0.05, 0.1) is 0 Å². The molecule has 0 unspecified atom stereocenters. The number of rotatable bonds is 0. The first-order valence-electron chi connectivity index (χ1n) is 1.65. The average Bonchev–Trinajstić information content (AvgIpc) is 1.31. The molecule has 0 bridgehead atoms. The lowest BCUT2D eigenvalue weighted by atomic mass is 10.4. The molecule has 0 amide bonds. The summed E-state index contributed by atoms with van der Waals surface area (Å²) in [4.78, 5) is 0. The zero-order chi connectivity index (χ0) is 6.08. The van der Waals surface area contributed by atoms with Crippen LogP contribution in [0.25, 0.3) is 0 Å². The van der Waals surface area contributed by atoms with E-state index in [0.29, 0.717) is 6.92 Å². The maximum absolute atomic E-state index is 11.1. The molecule has 0 aromatic carbocycles. The summed E-state index contributed by atoms with van der Waals surface area (Å²) in [5, 5.41) is 0. The standard InChI is InChI=1S/C3H4F4/c1-2(4)3(5,6)7/h2H,1H3/t2-/m0/s1. The third-order valence-corrected chi connectivity index (χ3v) is 0.451. The van der Waals surface area contributed by atoms with E-state index in [1.165, 1.54) is 0 Å². The number of hydrogen-bond donors (Lipinski definition) is 0. The molecule has 0 spiro atoms. The third-order valence-electron chi connectivity index (χ3n) is 0.451. The normalized spacial score (nSPS) is 16.7. The molecular formula is C3H4F4. The first-order chi connectivity index (χ1) is 2.94. The highest BCUT2D eigenvalue weighted by molar-refractivity contribution is 4.56. The van der Waals surface area contributed by atoms with Gasteiger partial charge >= 0.3 is 6.18 Å². The summed E-state index contributed by atoms with van der Waals surface area (Å²) in [7, 11) is 0. The SMILES string of the molecule is C[C@H](F)C(F)(F)F. The topological polar surface area (TPSA) is 0 Å². The van der Waals surface area contributed by atoms with E-state index in [2.05, 4.69) is 0 Å². The Morgan fingerprint density at radius 2 is 1.43 bits per heavy atom. The van der Waals surface area contributed by atoms with E-state index in [0.717, 1.165) is 0 Å². The highest BCUT2D eigenvalue weighted by Crippen LogP contribution is 2.21. The van der Waals surface area contributed by atoms with Gasteiger partial charge in [-0.15, -0.1) is 0 Å². The van der Waals surface area contributed by atoms with Crippen LogP contribution in [0.4, 0.5) is 17.6 Å². The average molecular weight is 116 g/mol. The fraction of sp³-hybridized carbons (Fsp3) is 1.00. The quantitative estimate of drug-likeness (QED) is 0.424.